The molecule has 0 aromatic heterocycles. The Morgan fingerprint density at radius 3 is 2.72 bits per heavy atom. The van der Waals surface area contributed by atoms with Crippen molar-refractivity contribution in [2.24, 2.45) is 5.92 Å². The van der Waals surface area contributed by atoms with Gasteiger partial charge < -0.3 is 10.1 Å². The lowest BCUT2D eigenvalue weighted by molar-refractivity contribution is -0.131. The van der Waals surface area contributed by atoms with Gasteiger partial charge in [0.05, 0.1) is 11.7 Å². The van der Waals surface area contributed by atoms with Crippen molar-refractivity contribution in [1.82, 2.24) is 5.32 Å². The summed E-state index contributed by atoms with van der Waals surface area (Å²) in [5.41, 5.74) is 1.39. The van der Waals surface area contributed by atoms with Crippen molar-refractivity contribution in [2.75, 3.05) is 13.1 Å². The third-order valence-electron chi connectivity index (χ3n) is 4.10. The Labute approximate surface area is 111 Å². The van der Waals surface area contributed by atoms with E-state index in [4.69, 9.17) is 4.74 Å². The van der Waals surface area contributed by atoms with Gasteiger partial charge in [-0.15, -0.1) is 0 Å². The highest BCUT2D eigenvalue weighted by Gasteiger charge is 2.35. The maximum Gasteiger partial charge on any atom is 0.0805 e. The Bertz CT molecular complexity index is 363. The van der Waals surface area contributed by atoms with Gasteiger partial charge in [0.1, 0.15) is 0 Å². The number of morpholine rings is 1. The monoisotopic (exact) mass is 247 g/mol. The van der Waals surface area contributed by atoms with E-state index in [0.29, 0.717) is 12.0 Å². The van der Waals surface area contributed by atoms with E-state index < -0.39 is 0 Å². The normalized spacial score (nSPS) is 28.6. The Balaban J connectivity index is 1.87. The third kappa shape index (κ3) is 3.33. The second kappa shape index (κ2) is 5.85. The zero-order valence-corrected chi connectivity index (χ0v) is 11.8. The summed E-state index contributed by atoms with van der Waals surface area (Å²) < 4.78 is 6.29. The van der Waals surface area contributed by atoms with Crippen molar-refractivity contribution in [3.05, 3.63) is 35.9 Å². The van der Waals surface area contributed by atoms with Crippen LogP contribution in [0.15, 0.2) is 30.3 Å². The third-order valence-corrected chi connectivity index (χ3v) is 4.10. The van der Waals surface area contributed by atoms with Crippen LogP contribution in [-0.4, -0.2) is 24.8 Å². The van der Waals surface area contributed by atoms with Crippen LogP contribution in [0, 0.1) is 5.92 Å². The van der Waals surface area contributed by atoms with E-state index in [1.807, 2.05) is 0 Å². The second-order valence-corrected chi connectivity index (χ2v) is 5.86. The standard InChI is InChI=1S/C16H25NO/c1-13(2)16(3)12-17-11-15(18-16)10-9-14-7-5-4-6-8-14/h4-8,13,15,17H,9-12H2,1-3H3. The molecule has 2 atom stereocenters. The fourth-order valence-corrected chi connectivity index (χ4v) is 2.42. The minimum Gasteiger partial charge on any atom is -0.369 e. The quantitative estimate of drug-likeness (QED) is 0.883. The maximum absolute atomic E-state index is 6.29. The van der Waals surface area contributed by atoms with Gasteiger partial charge in [-0.25, -0.2) is 0 Å². The van der Waals surface area contributed by atoms with Gasteiger partial charge in [0.2, 0.25) is 0 Å². The molecule has 0 aliphatic carbocycles. The zero-order valence-electron chi connectivity index (χ0n) is 11.8. The van der Waals surface area contributed by atoms with Crippen molar-refractivity contribution in [1.29, 1.82) is 0 Å². The SMILES string of the molecule is CC(C)C1(C)CNCC(CCc2ccccc2)O1. The van der Waals surface area contributed by atoms with Crippen molar-refractivity contribution in [2.45, 2.75) is 45.3 Å². The highest BCUT2D eigenvalue weighted by Crippen LogP contribution is 2.26. The van der Waals surface area contributed by atoms with E-state index >= 15 is 0 Å². The first-order valence-corrected chi connectivity index (χ1v) is 7.02. The average molecular weight is 247 g/mol. The van der Waals surface area contributed by atoms with Gasteiger partial charge >= 0.3 is 0 Å². The van der Waals surface area contributed by atoms with E-state index in [1.165, 1.54) is 5.56 Å². The number of rotatable bonds is 4. The molecule has 1 saturated heterocycles. The van der Waals surface area contributed by atoms with Crippen LogP contribution in [0.25, 0.3) is 0 Å². The first kappa shape index (κ1) is 13.6. The molecule has 2 unspecified atom stereocenters. The summed E-state index contributed by atoms with van der Waals surface area (Å²) in [4.78, 5) is 0. The molecule has 1 heterocycles. The van der Waals surface area contributed by atoms with Gasteiger partial charge in [0.25, 0.3) is 0 Å². The molecule has 1 aliphatic rings. The molecular weight excluding hydrogens is 222 g/mol. The largest absolute Gasteiger partial charge is 0.369 e. The van der Waals surface area contributed by atoms with Gasteiger partial charge in [0.15, 0.2) is 0 Å². The molecule has 2 heteroatoms. The number of aryl methyl sites for hydroxylation is 1. The topological polar surface area (TPSA) is 21.3 Å². The number of hydrogen-bond donors (Lipinski definition) is 1. The van der Waals surface area contributed by atoms with Gasteiger partial charge in [-0.3, -0.25) is 0 Å². The number of benzene rings is 1. The highest BCUT2D eigenvalue weighted by atomic mass is 16.5. The molecular formula is C16H25NO. The summed E-state index contributed by atoms with van der Waals surface area (Å²) in [5.74, 6) is 0.546. The van der Waals surface area contributed by atoms with Crippen LogP contribution in [0.1, 0.15) is 32.8 Å². The van der Waals surface area contributed by atoms with E-state index in [-0.39, 0.29) is 5.60 Å². The molecule has 2 nitrogen and oxygen atoms in total. The van der Waals surface area contributed by atoms with Crippen LogP contribution in [0.2, 0.25) is 0 Å². The van der Waals surface area contributed by atoms with Crippen molar-refractivity contribution >= 4 is 0 Å². The molecule has 1 aromatic carbocycles. The van der Waals surface area contributed by atoms with E-state index in [9.17, 15) is 0 Å². The smallest absolute Gasteiger partial charge is 0.0805 e. The molecule has 0 radical (unpaired) electrons. The molecule has 2 rings (SSSR count). The number of hydrogen-bond acceptors (Lipinski definition) is 2. The fraction of sp³-hybridized carbons (Fsp3) is 0.625. The lowest BCUT2D eigenvalue weighted by Gasteiger charge is -2.42. The van der Waals surface area contributed by atoms with E-state index in [2.05, 4.69) is 56.4 Å². The Morgan fingerprint density at radius 2 is 2.06 bits per heavy atom. The lowest BCUT2D eigenvalue weighted by Crippen LogP contribution is -2.54. The molecule has 0 amide bonds. The summed E-state index contributed by atoms with van der Waals surface area (Å²) >= 11 is 0. The van der Waals surface area contributed by atoms with Crippen LogP contribution in [0.5, 0.6) is 0 Å². The molecule has 100 valence electrons. The first-order chi connectivity index (χ1) is 8.60. The Kier molecular flexibility index (Phi) is 4.41. The van der Waals surface area contributed by atoms with Gasteiger partial charge in [-0.05, 0) is 31.2 Å². The van der Waals surface area contributed by atoms with Crippen LogP contribution in [0.4, 0.5) is 0 Å². The Morgan fingerprint density at radius 1 is 1.33 bits per heavy atom. The van der Waals surface area contributed by atoms with Crippen molar-refractivity contribution in [3.8, 4) is 0 Å². The first-order valence-electron chi connectivity index (χ1n) is 7.02. The van der Waals surface area contributed by atoms with E-state index in [1.54, 1.807) is 0 Å². The molecule has 1 N–H and O–H groups in total. The number of nitrogens with one attached hydrogen (secondary N) is 1. The molecule has 1 fully saturated rings. The molecule has 0 spiro atoms. The molecule has 1 aliphatic heterocycles. The lowest BCUT2D eigenvalue weighted by atomic mass is 9.90. The van der Waals surface area contributed by atoms with Crippen LogP contribution in [-0.2, 0) is 11.2 Å². The minimum absolute atomic E-state index is 0.0143. The maximum atomic E-state index is 6.29. The van der Waals surface area contributed by atoms with Gasteiger partial charge in [-0.2, -0.15) is 0 Å². The summed E-state index contributed by atoms with van der Waals surface area (Å²) in [6.45, 7) is 8.64. The predicted molar refractivity (Wildman–Crippen MR) is 75.7 cm³/mol. The molecule has 18 heavy (non-hydrogen) atoms. The van der Waals surface area contributed by atoms with Gasteiger partial charge in [0, 0.05) is 13.1 Å². The molecule has 0 bridgehead atoms. The highest BCUT2D eigenvalue weighted by molar-refractivity contribution is 5.14. The fourth-order valence-electron chi connectivity index (χ4n) is 2.42. The van der Waals surface area contributed by atoms with Crippen LogP contribution in [0.3, 0.4) is 0 Å². The number of ether oxygens (including phenoxy) is 1. The Hall–Kier alpha value is -0.860. The van der Waals surface area contributed by atoms with Crippen molar-refractivity contribution in [3.63, 3.8) is 0 Å². The summed E-state index contributed by atoms with van der Waals surface area (Å²) in [5, 5.41) is 3.52. The van der Waals surface area contributed by atoms with Crippen molar-refractivity contribution < 1.29 is 4.74 Å². The second-order valence-electron chi connectivity index (χ2n) is 5.86. The average Bonchev–Trinajstić information content (AvgIpc) is 2.38. The summed E-state index contributed by atoms with van der Waals surface area (Å²) in [6.07, 6.45) is 2.53. The van der Waals surface area contributed by atoms with Crippen LogP contribution < -0.4 is 5.32 Å². The van der Waals surface area contributed by atoms with E-state index in [0.717, 1.165) is 25.9 Å². The van der Waals surface area contributed by atoms with Crippen LogP contribution >= 0.6 is 0 Å². The zero-order chi connectivity index (χ0) is 13.0. The minimum atomic E-state index is -0.0143. The molecule has 1 aromatic rings. The molecule has 0 saturated carbocycles. The predicted octanol–water partition coefficient (Wildman–Crippen LogP) is 3.02. The summed E-state index contributed by atoms with van der Waals surface area (Å²) in [7, 11) is 0. The van der Waals surface area contributed by atoms with Gasteiger partial charge in [-0.1, -0.05) is 44.2 Å². The summed E-state index contributed by atoms with van der Waals surface area (Å²) in [6, 6.07) is 10.7.